The second kappa shape index (κ2) is 4.45. The van der Waals surface area contributed by atoms with Crippen LogP contribution in [0.3, 0.4) is 0 Å². The number of thiazole rings is 1. The van der Waals surface area contributed by atoms with Gasteiger partial charge in [-0.2, -0.15) is 5.10 Å². The molecule has 0 fully saturated rings. The maximum absolute atomic E-state index is 11.4. The van der Waals surface area contributed by atoms with Crippen molar-refractivity contribution in [2.45, 2.75) is 33.1 Å². The normalized spacial score (nSPS) is 11.8. The number of rotatable bonds is 2. The Balaban J connectivity index is 2.62. The highest BCUT2D eigenvalue weighted by molar-refractivity contribution is 7.17. The van der Waals surface area contributed by atoms with Gasteiger partial charge in [0.25, 0.3) is 0 Å². The summed E-state index contributed by atoms with van der Waals surface area (Å²) in [5.41, 5.74) is 2.21. The second-order valence-corrected chi connectivity index (χ2v) is 6.52. The summed E-state index contributed by atoms with van der Waals surface area (Å²) in [5.74, 6) is -0.921. The summed E-state index contributed by atoms with van der Waals surface area (Å²) in [6.45, 7) is 7.85. The molecule has 0 aliphatic carbocycles. The number of aromatic nitrogens is 3. The predicted octanol–water partition coefficient (Wildman–Crippen LogP) is 2.85. The molecule has 0 aromatic carbocycles. The smallest absolute Gasteiger partial charge is 0.347 e. The van der Waals surface area contributed by atoms with Crippen LogP contribution in [0, 0.1) is 6.92 Å². The third-order valence-corrected chi connectivity index (χ3v) is 4.07. The third-order valence-electron chi connectivity index (χ3n) is 3.00. The molecule has 0 bridgehead atoms. The molecule has 19 heavy (non-hydrogen) atoms. The minimum atomic E-state index is -0.921. The zero-order chi connectivity index (χ0) is 14.4. The number of hydrogen-bond donors (Lipinski definition) is 1. The molecule has 0 saturated heterocycles. The van der Waals surface area contributed by atoms with Gasteiger partial charge in [0, 0.05) is 18.2 Å². The van der Waals surface area contributed by atoms with Gasteiger partial charge in [0.2, 0.25) is 0 Å². The molecule has 102 valence electrons. The van der Waals surface area contributed by atoms with Gasteiger partial charge in [0.15, 0.2) is 0 Å². The fourth-order valence-corrected chi connectivity index (χ4v) is 2.97. The Morgan fingerprint density at radius 1 is 1.42 bits per heavy atom. The number of carboxylic acids is 1. The molecule has 2 heterocycles. The highest BCUT2D eigenvalue weighted by atomic mass is 32.1. The molecular formula is C13H17N3O2S. The lowest BCUT2D eigenvalue weighted by molar-refractivity contribution is 0.0699. The van der Waals surface area contributed by atoms with Crippen molar-refractivity contribution in [2.75, 3.05) is 0 Å². The van der Waals surface area contributed by atoms with Crippen LogP contribution in [0.25, 0.3) is 10.6 Å². The van der Waals surface area contributed by atoms with Crippen LogP contribution in [0.15, 0.2) is 6.20 Å². The van der Waals surface area contributed by atoms with Crippen molar-refractivity contribution in [1.82, 2.24) is 14.8 Å². The van der Waals surface area contributed by atoms with Gasteiger partial charge >= 0.3 is 5.97 Å². The van der Waals surface area contributed by atoms with E-state index in [0.717, 1.165) is 11.3 Å². The van der Waals surface area contributed by atoms with Crippen molar-refractivity contribution in [3.8, 4) is 10.6 Å². The quantitative estimate of drug-likeness (QED) is 0.917. The summed E-state index contributed by atoms with van der Waals surface area (Å²) >= 11 is 1.21. The molecule has 0 aliphatic heterocycles. The van der Waals surface area contributed by atoms with Crippen LogP contribution >= 0.6 is 11.3 Å². The predicted molar refractivity (Wildman–Crippen MR) is 74.7 cm³/mol. The highest BCUT2D eigenvalue weighted by Crippen LogP contribution is 2.35. The van der Waals surface area contributed by atoms with Gasteiger partial charge in [-0.1, -0.05) is 20.8 Å². The van der Waals surface area contributed by atoms with Crippen LogP contribution in [0.5, 0.6) is 0 Å². The first-order valence-electron chi connectivity index (χ1n) is 5.95. The lowest BCUT2D eigenvalue weighted by Crippen LogP contribution is -2.16. The summed E-state index contributed by atoms with van der Waals surface area (Å²) in [6, 6.07) is 0. The van der Waals surface area contributed by atoms with E-state index in [1.54, 1.807) is 10.9 Å². The van der Waals surface area contributed by atoms with Gasteiger partial charge in [-0.3, -0.25) is 4.68 Å². The van der Waals surface area contributed by atoms with Crippen molar-refractivity contribution >= 4 is 17.3 Å². The standard InChI is InChI=1S/C13H17N3O2S/c1-7-8(6-14-16(7)5)11-15-10(13(2,3)4)9(19-11)12(17)18/h6H,1-5H3,(H,17,18). The van der Waals surface area contributed by atoms with Crippen molar-refractivity contribution in [3.05, 3.63) is 22.5 Å². The Morgan fingerprint density at radius 3 is 2.42 bits per heavy atom. The van der Waals surface area contributed by atoms with Crippen molar-refractivity contribution in [3.63, 3.8) is 0 Å². The Kier molecular flexibility index (Phi) is 3.22. The number of carboxylic acid groups (broad SMARTS) is 1. The van der Waals surface area contributed by atoms with E-state index >= 15 is 0 Å². The third kappa shape index (κ3) is 2.40. The second-order valence-electron chi connectivity index (χ2n) is 5.52. The van der Waals surface area contributed by atoms with Gasteiger partial charge in [-0.05, 0) is 6.92 Å². The maximum Gasteiger partial charge on any atom is 0.347 e. The Hall–Kier alpha value is -1.69. The Labute approximate surface area is 115 Å². The lowest BCUT2D eigenvalue weighted by atomic mass is 9.91. The lowest BCUT2D eigenvalue weighted by Gasteiger charge is -2.15. The molecule has 0 spiro atoms. The van der Waals surface area contributed by atoms with Gasteiger partial charge in [0.1, 0.15) is 9.88 Å². The molecule has 2 aromatic rings. The largest absolute Gasteiger partial charge is 0.477 e. The molecule has 0 aliphatic rings. The molecule has 0 unspecified atom stereocenters. The molecule has 2 aromatic heterocycles. The van der Waals surface area contributed by atoms with Gasteiger partial charge in [-0.25, -0.2) is 9.78 Å². The van der Waals surface area contributed by atoms with E-state index in [-0.39, 0.29) is 5.41 Å². The van der Waals surface area contributed by atoms with Crippen molar-refractivity contribution in [2.24, 2.45) is 7.05 Å². The molecule has 6 heteroatoms. The monoisotopic (exact) mass is 279 g/mol. The Morgan fingerprint density at radius 2 is 2.05 bits per heavy atom. The fraction of sp³-hybridized carbons (Fsp3) is 0.462. The maximum atomic E-state index is 11.4. The summed E-state index contributed by atoms with van der Waals surface area (Å²) in [4.78, 5) is 16.2. The zero-order valence-corrected chi connectivity index (χ0v) is 12.5. The van der Waals surface area contributed by atoms with Crippen LogP contribution in [0.2, 0.25) is 0 Å². The molecule has 0 amide bonds. The average molecular weight is 279 g/mol. The molecular weight excluding hydrogens is 262 g/mol. The highest BCUT2D eigenvalue weighted by Gasteiger charge is 2.28. The van der Waals surface area contributed by atoms with Crippen molar-refractivity contribution < 1.29 is 9.90 Å². The molecule has 0 saturated carbocycles. The average Bonchev–Trinajstić information content (AvgIpc) is 2.84. The molecule has 5 nitrogen and oxygen atoms in total. The minimum Gasteiger partial charge on any atom is -0.477 e. The Bertz CT molecular complexity index is 635. The van der Waals surface area contributed by atoms with E-state index in [1.165, 1.54) is 11.3 Å². The molecule has 2 rings (SSSR count). The van der Waals surface area contributed by atoms with Crippen LogP contribution in [-0.2, 0) is 12.5 Å². The first-order valence-corrected chi connectivity index (χ1v) is 6.77. The number of nitrogens with zero attached hydrogens (tertiary/aromatic N) is 3. The fourth-order valence-electron chi connectivity index (χ4n) is 1.80. The first-order chi connectivity index (χ1) is 8.71. The van der Waals surface area contributed by atoms with E-state index in [9.17, 15) is 9.90 Å². The van der Waals surface area contributed by atoms with Gasteiger partial charge in [-0.15, -0.1) is 11.3 Å². The van der Waals surface area contributed by atoms with E-state index in [2.05, 4.69) is 10.1 Å². The van der Waals surface area contributed by atoms with Crippen LogP contribution in [-0.4, -0.2) is 25.8 Å². The van der Waals surface area contributed by atoms with Gasteiger partial charge < -0.3 is 5.11 Å². The molecule has 0 radical (unpaired) electrons. The van der Waals surface area contributed by atoms with E-state index in [1.807, 2.05) is 34.7 Å². The van der Waals surface area contributed by atoms with E-state index in [0.29, 0.717) is 15.6 Å². The van der Waals surface area contributed by atoms with Crippen LogP contribution in [0.1, 0.15) is 41.8 Å². The number of hydrogen-bond acceptors (Lipinski definition) is 4. The SMILES string of the molecule is Cc1c(-c2nc(C(C)(C)C)c(C(=O)O)s2)cnn1C. The number of carbonyl (C=O) groups is 1. The summed E-state index contributed by atoms with van der Waals surface area (Å²) in [6.07, 6.45) is 1.73. The van der Waals surface area contributed by atoms with E-state index < -0.39 is 5.97 Å². The summed E-state index contributed by atoms with van der Waals surface area (Å²) < 4.78 is 1.76. The molecule has 0 atom stereocenters. The zero-order valence-electron chi connectivity index (χ0n) is 11.7. The number of aromatic carboxylic acids is 1. The van der Waals surface area contributed by atoms with Crippen LogP contribution in [0.4, 0.5) is 0 Å². The summed E-state index contributed by atoms with van der Waals surface area (Å²) in [7, 11) is 1.86. The topological polar surface area (TPSA) is 68.0 Å². The van der Waals surface area contributed by atoms with Crippen molar-refractivity contribution in [1.29, 1.82) is 0 Å². The van der Waals surface area contributed by atoms with E-state index in [4.69, 9.17) is 0 Å². The van der Waals surface area contributed by atoms with Crippen LogP contribution < -0.4 is 0 Å². The number of aryl methyl sites for hydroxylation is 1. The molecule has 1 N–H and O–H groups in total. The summed E-state index contributed by atoms with van der Waals surface area (Å²) in [5, 5.41) is 14.2. The minimum absolute atomic E-state index is 0.293. The first kappa shape index (κ1) is 13.7. The van der Waals surface area contributed by atoms with Gasteiger partial charge in [0.05, 0.1) is 17.5 Å².